The zero-order chi connectivity index (χ0) is 9.98. The number of amides is 1. The minimum atomic E-state index is -0.00838. The van der Waals surface area contributed by atoms with Crippen LogP contribution in [0.25, 0.3) is 0 Å². The van der Waals surface area contributed by atoms with Crippen molar-refractivity contribution in [1.29, 1.82) is 0 Å². The summed E-state index contributed by atoms with van der Waals surface area (Å²) >= 11 is 0. The van der Waals surface area contributed by atoms with Crippen LogP contribution in [0, 0.1) is 0 Å². The highest BCUT2D eigenvalue weighted by Gasteiger charge is 1.91. The SMILES string of the molecule is CC.CCC/C(C)=C/C(=O)NC. The lowest BCUT2D eigenvalue weighted by molar-refractivity contribution is -0.116. The van der Waals surface area contributed by atoms with Gasteiger partial charge in [0.25, 0.3) is 0 Å². The van der Waals surface area contributed by atoms with Crippen molar-refractivity contribution in [1.82, 2.24) is 5.32 Å². The Kier molecular flexibility index (Phi) is 11.7. The van der Waals surface area contributed by atoms with Gasteiger partial charge in [-0.15, -0.1) is 0 Å². The third-order valence-corrected chi connectivity index (χ3v) is 1.27. The Hall–Kier alpha value is -0.790. The van der Waals surface area contributed by atoms with Gasteiger partial charge < -0.3 is 5.32 Å². The van der Waals surface area contributed by atoms with E-state index >= 15 is 0 Å². The minimum Gasteiger partial charge on any atom is -0.356 e. The first-order chi connectivity index (χ1) is 5.70. The van der Waals surface area contributed by atoms with E-state index in [1.54, 1.807) is 13.1 Å². The number of rotatable bonds is 3. The van der Waals surface area contributed by atoms with Crippen LogP contribution in [0.1, 0.15) is 40.5 Å². The Morgan fingerprint density at radius 2 is 1.92 bits per heavy atom. The number of allylic oxidation sites excluding steroid dienone is 1. The van der Waals surface area contributed by atoms with E-state index in [9.17, 15) is 4.79 Å². The molecule has 0 saturated heterocycles. The van der Waals surface area contributed by atoms with E-state index in [4.69, 9.17) is 0 Å². The summed E-state index contributed by atoms with van der Waals surface area (Å²) in [6.07, 6.45) is 3.75. The molecule has 0 bridgehead atoms. The van der Waals surface area contributed by atoms with Crippen LogP contribution in [0.2, 0.25) is 0 Å². The molecule has 72 valence electrons. The summed E-state index contributed by atoms with van der Waals surface area (Å²) in [5.74, 6) is -0.00838. The van der Waals surface area contributed by atoms with E-state index in [0.29, 0.717) is 0 Å². The van der Waals surface area contributed by atoms with Crippen LogP contribution in [-0.2, 0) is 4.79 Å². The van der Waals surface area contributed by atoms with Crippen molar-refractivity contribution in [2.45, 2.75) is 40.5 Å². The smallest absolute Gasteiger partial charge is 0.243 e. The number of carbonyl (C=O) groups is 1. The molecule has 1 N–H and O–H groups in total. The number of hydrogen-bond acceptors (Lipinski definition) is 1. The lowest BCUT2D eigenvalue weighted by atomic mass is 10.1. The number of nitrogens with one attached hydrogen (secondary N) is 1. The molecule has 2 heteroatoms. The predicted molar refractivity (Wildman–Crippen MR) is 54.1 cm³/mol. The lowest BCUT2D eigenvalue weighted by Gasteiger charge is -1.95. The molecule has 0 aliphatic carbocycles. The van der Waals surface area contributed by atoms with Gasteiger partial charge in [0.2, 0.25) is 5.91 Å². The molecule has 2 nitrogen and oxygen atoms in total. The van der Waals surface area contributed by atoms with Crippen molar-refractivity contribution in [3.8, 4) is 0 Å². The minimum absolute atomic E-state index is 0.00838. The number of likely N-dealkylation sites (N-methyl/N-ethyl adjacent to an activating group) is 1. The third kappa shape index (κ3) is 9.21. The Morgan fingerprint density at radius 3 is 2.25 bits per heavy atom. The van der Waals surface area contributed by atoms with E-state index < -0.39 is 0 Å². The van der Waals surface area contributed by atoms with Gasteiger partial charge in [0.15, 0.2) is 0 Å². The van der Waals surface area contributed by atoms with Gasteiger partial charge in [-0.25, -0.2) is 0 Å². The van der Waals surface area contributed by atoms with Gasteiger partial charge >= 0.3 is 0 Å². The van der Waals surface area contributed by atoms with E-state index in [-0.39, 0.29) is 5.91 Å². The molecule has 12 heavy (non-hydrogen) atoms. The Labute approximate surface area is 76.1 Å². The van der Waals surface area contributed by atoms with Crippen LogP contribution in [-0.4, -0.2) is 13.0 Å². The van der Waals surface area contributed by atoms with Gasteiger partial charge in [0.1, 0.15) is 0 Å². The second-order valence-corrected chi connectivity index (χ2v) is 2.35. The molecule has 0 radical (unpaired) electrons. The summed E-state index contributed by atoms with van der Waals surface area (Å²) in [6.45, 7) is 8.07. The van der Waals surface area contributed by atoms with Gasteiger partial charge in [0, 0.05) is 13.1 Å². The molecule has 0 aromatic rings. The van der Waals surface area contributed by atoms with Crippen LogP contribution in [0.15, 0.2) is 11.6 Å². The highest BCUT2D eigenvalue weighted by molar-refractivity contribution is 5.87. The summed E-state index contributed by atoms with van der Waals surface area (Å²) < 4.78 is 0. The molecule has 0 heterocycles. The molecule has 0 aliphatic heterocycles. The average molecular weight is 171 g/mol. The van der Waals surface area contributed by atoms with Crippen molar-refractivity contribution in [3.63, 3.8) is 0 Å². The second kappa shape index (κ2) is 10.2. The fourth-order valence-corrected chi connectivity index (χ4v) is 0.762. The Bertz CT molecular complexity index is 139. The average Bonchev–Trinajstić information content (AvgIpc) is 2.08. The fourth-order valence-electron chi connectivity index (χ4n) is 0.762. The molecule has 0 rings (SSSR count). The standard InChI is InChI=1S/C8H15NO.C2H6/c1-4-5-7(2)6-8(10)9-3;1-2/h6H,4-5H2,1-3H3,(H,9,10);1-2H3/b7-6+;. The maximum absolute atomic E-state index is 10.7. The summed E-state index contributed by atoms with van der Waals surface area (Å²) in [6, 6.07) is 0. The van der Waals surface area contributed by atoms with E-state index in [1.807, 2.05) is 20.8 Å². The Morgan fingerprint density at radius 1 is 1.42 bits per heavy atom. The molecular weight excluding hydrogens is 150 g/mol. The maximum Gasteiger partial charge on any atom is 0.243 e. The first-order valence-corrected chi connectivity index (χ1v) is 4.59. The van der Waals surface area contributed by atoms with Crippen molar-refractivity contribution >= 4 is 5.91 Å². The molecule has 0 fully saturated rings. The first kappa shape index (κ1) is 13.8. The van der Waals surface area contributed by atoms with Crippen molar-refractivity contribution in [2.24, 2.45) is 0 Å². The monoisotopic (exact) mass is 171 g/mol. The van der Waals surface area contributed by atoms with Gasteiger partial charge in [-0.05, 0) is 13.3 Å². The van der Waals surface area contributed by atoms with Gasteiger partial charge in [0.05, 0.1) is 0 Å². The first-order valence-electron chi connectivity index (χ1n) is 4.59. The zero-order valence-corrected chi connectivity index (χ0v) is 8.90. The normalized spacial score (nSPS) is 9.92. The Balaban J connectivity index is 0. The third-order valence-electron chi connectivity index (χ3n) is 1.27. The van der Waals surface area contributed by atoms with Crippen LogP contribution >= 0.6 is 0 Å². The largest absolute Gasteiger partial charge is 0.356 e. The van der Waals surface area contributed by atoms with Crippen LogP contribution in [0.4, 0.5) is 0 Å². The highest BCUT2D eigenvalue weighted by Crippen LogP contribution is 2.01. The number of carbonyl (C=O) groups excluding carboxylic acids is 1. The van der Waals surface area contributed by atoms with Gasteiger partial charge in [-0.3, -0.25) is 4.79 Å². The van der Waals surface area contributed by atoms with E-state index in [1.165, 1.54) is 0 Å². The summed E-state index contributed by atoms with van der Waals surface area (Å²) in [5, 5.41) is 2.54. The topological polar surface area (TPSA) is 29.1 Å². The zero-order valence-electron chi connectivity index (χ0n) is 8.90. The predicted octanol–water partition coefficient (Wildman–Crippen LogP) is 2.51. The summed E-state index contributed by atoms with van der Waals surface area (Å²) in [4.78, 5) is 10.7. The van der Waals surface area contributed by atoms with Gasteiger partial charge in [-0.1, -0.05) is 32.8 Å². The van der Waals surface area contributed by atoms with Gasteiger partial charge in [-0.2, -0.15) is 0 Å². The van der Waals surface area contributed by atoms with Crippen molar-refractivity contribution < 1.29 is 4.79 Å². The number of hydrogen-bond donors (Lipinski definition) is 1. The molecular formula is C10H21NO. The molecule has 0 aromatic heterocycles. The molecule has 0 saturated carbocycles. The fraction of sp³-hybridized carbons (Fsp3) is 0.700. The van der Waals surface area contributed by atoms with E-state index in [0.717, 1.165) is 18.4 Å². The molecule has 0 aliphatic rings. The van der Waals surface area contributed by atoms with Crippen LogP contribution in [0.3, 0.4) is 0 Å². The molecule has 1 amide bonds. The quantitative estimate of drug-likeness (QED) is 0.649. The summed E-state index contributed by atoms with van der Waals surface area (Å²) in [7, 11) is 1.64. The highest BCUT2D eigenvalue weighted by atomic mass is 16.1. The van der Waals surface area contributed by atoms with Crippen molar-refractivity contribution in [2.75, 3.05) is 7.05 Å². The molecule has 0 atom stereocenters. The van der Waals surface area contributed by atoms with Crippen molar-refractivity contribution in [3.05, 3.63) is 11.6 Å². The van der Waals surface area contributed by atoms with Crippen LogP contribution < -0.4 is 5.32 Å². The maximum atomic E-state index is 10.7. The lowest BCUT2D eigenvalue weighted by Crippen LogP contribution is -2.14. The second-order valence-electron chi connectivity index (χ2n) is 2.35. The molecule has 0 aromatic carbocycles. The van der Waals surface area contributed by atoms with Crippen LogP contribution in [0.5, 0.6) is 0 Å². The molecule has 0 spiro atoms. The van der Waals surface area contributed by atoms with E-state index in [2.05, 4.69) is 12.2 Å². The summed E-state index contributed by atoms with van der Waals surface area (Å²) in [5.41, 5.74) is 1.14. The molecule has 0 unspecified atom stereocenters.